The molecule has 0 radical (unpaired) electrons. The van der Waals surface area contributed by atoms with Crippen molar-refractivity contribution in [2.45, 2.75) is 33.9 Å². The Kier molecular flexibility index (Phi) is 8.66. The van der Waals surface area contributed by atoms with E-state index in [2.05, 4.69) is 51.1 Å². The number of rotatable bonds is 5. The van der Waals surface area contributed by atoms with Crippen LogP contribution >= 0.6 is 7.26 Å². The van der Waals surface area contributed by atoms with E-state index in [1.54, 1.807) is 0 Å². The van der Waals surface area contributed by atoms with Gasteiger partial charge in [-0.25, -0.2) is 0 Å². The molecule has 1 aromatic rings. The van der Waals surface area contributed by atoms with Gasteiger partial charge in [0.15, 0.2) is 0 Å². The van der Waals surface area contributed by atoms with E-state index >= 15 is 0 Å². The van der Waals surface area contributed by atoms with Gasteiger partial charge in [-0.05, 0) is 33.3 Å². The van der Waals surface area contributed by atoms with E-state index < -0.39 is 13.2 Å². The fourth-order valence-electron chi connectivity index (χ4n) is 1.98. The summed E-state index contributed by atoms with van der Waals surface area (Å²) in [6.45, 7) is 8.07. The van der Waals surface area contributed by atoms with Gasteiger partial charge in [0, 0.05) is 13.2 Å². The largest absolute Gasteiger partial charge is 0.550 e. The molecule has 3 heteroatoms. The Bertz CT molecular complexity index is 319. The summed E-state index contributed by atoms with van der Waals surface area (Å²) >= 11 is 0. The second-order valence-corrected chi connectivity index (χ2v) is 9.32. The molecule has 0 N–H and O–H groups in total. The van der Waals surface area contributed by atoms with Crippen molar-refractivity contribution in [1.29, 1.82) is 0 Å². The molecule has 0 saturated carbocycles. The molecule has 2 nitrogen and oxygen atoms in total. The Balaban J connectivity index is 0.000000631. The fraction of sp³-hybridized carbons (Fsp3) is 0.533. The molecular weight excluding hydrogens is 243 g/mol. The number of carbonyl (C=O) groups is 1. The van der Waals surface area contributed by atoms with Crippen LogP contribution in [0.1, 0.15) is 33.3 Å². The molecule has 0 heterocycles. The minimum atomic E-state index is -1.08. The zero-order chi connectivity index (χ0) is 14.0. The van der Waals surface area contributed by atoms with Gasteiger partial charge in [-0.15, -0.1) is 0 Å². The van der Waals surface area contributed by atoms with E-state index in [-0.39, 0.29) is 0 Å². The van der Waals surface area contributed by atoms with Gasteiger partial charge in [0.1, 0.15) is 0 Å². The number of hydrogen-bond donors (Lipinski definition) is 0. The number of carbonyl (C=O) groups excluding carboxylic acids is 1. The molecule has 0 aliphatic rings. The van der Waals surface area contributed by atoms with Crippen LogP contribution in [0.2, 0.25) is 0 Å². The van der Waals surface area contributed by atoms with E-state index in [9.17, 15) is 0 Å². The quantitative estimate of drug-likeness (QED) is 0.770. The first-order chi connectivity index (χ1) is 8.49. The third-order valence-electron chi connectivity index (χ3n) is 3.37. The summed E-state index contributed by atoms with van der Waals surface area (Å²) in [5.41, 5.74) is 1.53. The van der Waals surface area contributed by atoms with Crippen LogP contribution in [0.15, 0.2) is 30.3 Å². The lowest BCUT2D eigenvalue weighted by Gasteiger charge is -2.23. The number of hydrogen-bond acceptors (Lipinski definition) is 2. The van der Waals surface area contributed by atoms with E-state index in [1.807, 2.05) is 0 Å². The highest BCUT2D eigenvalue weighted by Gasteiger charge is 2.30. The van der Waals surface area contributed by atoms with Crippen molar-refractivity contribution in [2.75, 3.05) is 18.5 Å². The lowest BCUT2D eigenvalue weighted by Crippen LogP contribution is -2.16. The van der Waals surface area contributed by atoms with Gasteiger partial charge < -0.3 is 9.90 Å². The van der Waals surface area contributed by atoms with Crippen molar-refractivity contribution in [1.82, 2.24) is 0 Å². The molecule has 0 saturated heterocycles. The van der Waals surface area contributed by atoms with Gasteiger partial charge in [0.25, 0.3) is 0 Å². The topological polar surface area (TPSA) is 40.1 Å². The number of carboxylic acid groups (broad SMARTS) is 1. The average molecular weight is 268 g/mol. The van der Waals surface area contributed by atoms with Crippen LogP contribution in [0.25, 0.3) is 0 Å². The second kappa shape index (κ2) is 9.10. The lowest BCUT2D eigenvalue weighted by atomic mass is 10.2. The first-order valence-corrected chi connectivity index (χ1v) is 9.09. The molecule has 0 fully saturated rings. The van der Waals surface area contributed by atoms with Gasteiger partial charge in [-0.3, -0.25) is 0 Å². The minimum absolute atomic E-state index is 0.661. The molecule has 0 spiro atoms. The van der Waals surface area contributed by atoms with Crippen LogP contribution in [-0.4, -0.2) is 24.5 Å². The lowest BCUT2D eigenvalue weighted by molar-refractivity contribution is -0.302. The van der Waals surface area contributed by atoms with Crippen LogP contribution < -0.4 is 5.11 Å². The molecule has 0 bridgehead atoms. The second-order valence-electron chi connectivity index (χ2n) is 4.43. The highest BCUT2D eigenvalue weighted by molar-refractivity contribution is 7.75. The number of carboxylic acids is 1. The van der Waals surface area contributed by atoms with Gasteiger partial charge in [-0.2, -0.15) is 0 Å². The van der Waals surface area contributed by atoms with Crippen LogP contribution in [0.5, 0.6) is 0 Å². The van der Waals surface area contributed by atoms with Gasteiger partial charge in [-0.1, -0.05) is 30.3 Å². The van der Waals surface area contributed by atoms with Crippen LogP contribution in [0.3, 0.4) is 0 Å². The molecule has 0 amide bonds. The van der Waals surface area contributed by atoms with Gasteiger partial charge >= 0.3 is 0 Å². The molecule has 0 aromatic heterocycles. The zero-order valence-corrected chi connectivity index (χ0v) is 12.9. The van der Waals surface area contributed by atoms with Crippen LogP contribution in [-0.2, 0) is 11.0 Å². The highest BCUT2D eigenvalue weighted by atomic mass is 31.2. The minimum Gasteiger partial charge on any atom is -0.550 e. The van der Waals surface area contributed by atoms with Crippen LogP contribution in [0.4, 0.5) is 0 Å². The summed E-state index contributed by atoms with van der Waals surface area (Å²) in [5, 5.41) is 8.89. The van der Waals surface area contributed by atoms with Crippen molar-refractivity contribution in [3.63, 3.8) is 0 Å². The molecule has 0 aliphatic carbocycles. The summed E-state index contributed by atoms with van der Waals surface area (Å²) in [6.07, 6.45) is 5.54. The Morgan fingerprint density at radius 1 is 1.06 bits per heavy atom. The maximum Gasteiger partial charge on any atom is 0.0842 e. The number of aliphatic carboxylic acids is 1. The van der Waals surface area contributed by atoms with Crippen molar-refractivity contribution in [2.24, 2.45) is 0 Å². The summed E-state index contributed by atoms with van der Waals surface area (Å²) in [5.74, 6) is -1.08. The van der Waals surface area contributed by atoms with E-state index in [4.69, 9.17) is 9.90 Å². The average Bonchev–Trinajstić information content (AvgIpc) is 2.37. The maximum atomic E-state index is 8.89. The Labute approximate surface area is 112 Å². The Morgan fingerprint density at radius 3 is 1.78 bits per heavy atom. The summed E-state index contributed by atoms with van der Waals surface area (Å²) in [7, 11) is -0.661. The van der Waals surface area contributed by atoms with E-state index in [0.717, 1.165) is 6.92 Å². The first kappa shape index (κ1) is 17.1. The van der Waals surface area contributed by atoms with Crippen molar-refractivity contribution < 1.29 is 9.90 Å². The summed E-state index contributed by atoms with van der Waals surface area (Å²) in [6, 6.07) is 11.0. The van der Waals surface area contributed by atoms with Crippen molar-refractivity contribution >= 4 is 13.2 Å². The highest BCUT2D eigenvalue weighted by Crippen LogP contribution is 2.60. The van der Waals surface area contributed by atoms with Crippen LogP contribution in [0, 0.1) is 0 Å². The molecule has 1 aromatic carbocycles. The fourth-order valence-corrected chi connectivity index (χ4v) is 4.97. The summed E-state index contributed by atoms with van der Waals surface area (Å²) in [4.78, 5) is 8.89. The van der Waals surface area contributed by atoms with Gasteiger partial charge in [0.2, 0.25) is 0 Å². The predicted molar refractivity (Wildman–Crippen MR) is 79.4 cm³/mol. The first-order valence-electron chi connectivity index (χ1n) is 6.56. The smallest absolute Gasteiger partial charge is 0.0842 e. The standard InChI is InChI=1S/C13H22P.C2H4O2/c1-4-14(5-2,6-3)12-13-10-8-7-9-11-13;1-2(3)4/h7-11H,4-6,12H2,1-3H3;1H3,(H,3,4)/q+1;/p-1. The number of benzene rings is 1. The Morgan fingerprint density at radius 2 is 1.44 bits per heavy atom. The molecule has 0 unspecified atom stereocenters. The summed E-state index contributed by atoms with van der Waals surface area (Å²) < 4.78 is 0. The molecule has 18 heavy (non-hydrogen) atoms. The third-order valence-corrected chi connectivity index (χ3v) is 8.43. The molecule has 1 rings (SSSR count). The molecule has 0 atom stereocenters. The molecular formula is C15H25O2P. The van der Waals surface area contributed by atoms with Crippen molar-refractivity contribution in [3.8, 4) is 0 Å². The SMILES string of the molecule is CC(=O)[O-].CC[P+](CC)(CC)Cc1ccccc1. The molecule has 0 aliphatic heterocycles. The zero-order valence-electron chi connectivity index (χ0n) is 12.0. The predicted octanol–water partition coefficient (Wildman–Crippen LogP) is 3.02. The van der Waals surface area contributed by atoms with Gasteiger partial charge in [0.05, 0.1) is 24.6 Å². The van der Waals surface area contributed by atoms with Crippen molar-refractivity contribution in [3.05, 3.63) is 35.9 Å². The normalized spacial score (nSPS) is 10.4. The van der Waals surface area contributed by atoms with E-state index in [1.165, 1.54) is 30.2 Å². The maximum absolute atomic E-state index is 8.89. The van der Waals surface area contributed by atoms with E-state index in [0.29, 0.717) is 0 Å². The Hall–Kier alpha value is -0.880. The molecule has 102 valence electrons. The third kappa shape index (κ3) is 6.76. The monoisotopic (exact) mass is 268 g/mol.